The van der Waals surface area contributed by atoms with Crippen molar-refractivity contribution in [2.45, 2.75) is 44.2 Å². The number of nitrogens with zero attached hydrogens (tertiary/aromatic N) is 2. The lowest BCUT2D eigenvalue weighted by molar-refractivity contribution is -0.137. The standard InChI is InChI=1S/C29H28N4O7/c34-24-13-18(17-5-2-1-3-6-17)14-25(35)20(24)15-30-11-12-40-29(39)31-22-8-4-7-19-21(22)16-33(28(19)38)23-9-10-26(36)32-27(23)37/h1-8,15,18,23,34H,9-14,16H2,(H,31,39)(H,32,36,37). The smallest absolute Gasteiger partial charge is 0.411 e. The summed E-state index contributed by atoms with van der Waals surface area (Å²) >= 11 is 0. The van der Waals surface area contributed by atoms with Gasteiger partial charge in [0.15, 0.2) is 5.78 Å². The Morgan fingerprint density at radius 2 is 1.90 bits per heavy atom. The quantitative estimate of drug-likeness (QED) is 0.275. The number of imide groups is 1. The molecule has 2 aliphatic heterocycles. The van der Waals surface area contributed by atoms with Gasteiger partial charge in [-0.3, -0.25) is 34.8 Å². The van der Waals surface area contributed by atoms with Crippen molar-refractivity contribution in [3.05, 3.63) is 76.6 Å². The Kier molecular flexibility index (Phi) is 7.72. The highest BCUT2D eigenvalue weighted by Gasteiger charge is 2.40. The summed E-state index contributed by atoms with van der Waals surface area (Å²) in [6, 6.07) is 13.7. The van der Waals surface area contributed by atoms with Gasteiger partial charge in [-0.15, -0.1) is 0 Å². The van der Waals surface area contributed by atoms with Crippen molar-refractivity contribution >= 4 is 41.5 Å². The van der Waals surface area contributed by atoms with Crippen LogP contribution in [0.25, 0.3) is 0 Å². The first-order valence-electron chi connectivity index (χ1n) is 13.0. The molecule has 0 bridgehead atoms. The number of rotatable bonds is 7. The first kappa shape index (κ1) is 26.8. The van der Waals surface area contributed by atoms with Gasteiger partial charge in [0.25, 0.3) is 5.91 Å². The molecule has 0 aromatic heterocycles. The molecule has 0 spiro atoms. The molecule has 5 rings (SSSR count). The van der Waals surface area contributed by atoms with Gasteiger partial charge in [-0.1, -0.05) is 36.4 Å². The van der Waals surface area contributed by atoms with Crippen LogP contribution in [-0.2, 0) is 25.7 Å². The number of ether oxygens (including phenoxy) is 1. The zero-order chi connectivity index (χ0) is 28.2. The number of hydrogen-bond donors (Lipinski definition) is 3. The van der Waals surface area contributed by atoms with E-state index in [1.165, 1.54) is 11.1 Å². The molecule has 3 aliphatic rings. The van der Waals surface area contributed by atoms with Crippen LogP contribution in [0.5, 0.6) is 0 Å². The molecule has 1 saturated heterocycles. The monoisotopic (exact) mass is 544 g/mol. The summed E-state index contributed by atoms with van der Waals surface area (Å²) in [6.45, 7) is 0.112. The van der Waals surface area contributed by atoms with Gasteiger partial charge in [0.1, 0.15) is 18.4 Å². The third-order valence-corrected chi connectivity index (χ3v) is 7.25. The predicted molar refractivity (Wildman–Crippen MR) is 144 cm³/mol. The molecule has 2 aromatic carbocycles. The number of nitrogens with one attached hydrogen (secondary N) is 2. The van der Waals surface area contributed by atoms with Crippen molar-refractivity contribution in [1.82, 2.24) is 10.2 Å². The van der Waals surface area contributed by atoms with E-state index in [0.717, 1.165) is 5.56 Å². The fraction of sp³-hybridized carbons (Fsp3) is 0.310. The Bertz CT molecular complexity index is 1430. The second kappa shape index (κ2) is 11.5. The second-order valence-corrected chi connectivity index (χ2v) is 9.83. The summed E-state index contributed by atoms with van der Waals surface area (Å²) in [6.07, 6.45) is 1.58. The summed E-state index contributed by atoms with van der Waals surface area (Å²) in [5, 5.41) is 15.3. The van der Waals surface area contributed by atoms with E-state index in [-0.39, 0.29) is 73.8 Å². The van der Waals surface area contributed by atoms with Crippen molar-refractivity contribution in [3.63, 3.8) is 0 Å². The number of amides is 4. The van der Waals surface area contributed by atoms with E-state index >= 15 is 0 Å². The molecule has 2 aromatic rings. The largest absolute Gasteiger partial charge is 0.511 e. The van der Waals surface area contributed by atoms with Crippen molar-refractivity contribution in [2.75, 3.05) is 18.5 Å². The highest BCUT2D eigenvalue weighted by Crippen LogP contribution is 2.33. The van der Waals surface area contributed by atoms with Gasteiger partial charge in [0.2, 0.25) is 11.8 Å². The Morgan fingerprint density at radius 3 is 2.65 bits per heavy atom. The van der Waals surface area contributed by atoms with Gasteiger partial charge in [0.05, 0.1) is 12.1 Å². The van der Waals surface area contributed by atoms with Gasteiger partial charge in [0, 0.05) is 48.8 Å². The average molecular weight is 545 g/mol. The number of allylic oxidation sites excluding steroid dienone is 2. The summed E-state index contributed by atoms with van der Waals surface area (Å²) in [4.78, 5) is 67.2. The second-order valence-electron chi connectivity index (χ2n) is 9.83. The highest BCUT2D eigenvalue weighted by atomic mass is 16.5. The lowest BCUT2D eigenvalue weighted by atomic mass is 9.83. The third kappa shape index (κ3) is 5.63. The maximum absolute atomic E-state index is 12.9. The number of aliphatic hydroxyl groups is 1. The van der Waals surface area contributed by atoms with Crippen molar-refractivity contribution in [1.29, 1.82) is 0 Å². The number of aliphatic imine (C=N–C) groups is 1. The van der Waals surface area contributed by atoms with Gasteiger partial charge < -0.3 is 14.7 Å². The first-order valence-corrected chi connectivity index (χ1v) is 13.0. The lowest BCUT2D eigenvalue weighted by Crippen LogP contribution is -2.52. The number of hydrogen-bond acceptors (Lipinski definition) is 8. The van der Waals surface area contributed by atoms with Crippen LogP contribution < -0.4 is 10.6 Å². The third-order valence-electron chi connectivity index (χ3n) is 7.25. The highest BCUT2D eigenvalue weighted by molar-refractivity contribution is 6.14. The zero-order valence-electron chi connectivity index (χ0n) is 21.6. The van der Waals surface area contributed by atoms with Crippen LogP contribution in [0.1, 0.15) is 53.1 Å². The molecular weight excluding hydrogens is 516 g/mol. The fourth-order valence-corrected chi connectivity index (χ4v) is 5.21. The van der Waals surface area contributed by atoms with Gasteiger partial charge >= 0.3 is 6.09 Å². The van der Waals surface area contributed by atoms with Crippen molar-refractivity contribution in [3.8, 4) is 0 Å². The number of aliphatic hydroxyl groups excluding tert-OH is 1. The summed E-state index contributed by atoms with van der Waals surface area (Å²) in [7, 11) is 0. The molecular formula is C29H28N4O7. The maximum Gasteiger partial charge on any atom is 0.411 e. The lowest BCUT2D eigenvalue weighted by Gasteiger charge is -2.29. The van der Waals surface area contributed by atoms with E-state index in [9.17, 15) is 29.1 Å². The number of benzene rings is 2. The molecule has 1 aliphatic carbocycles. The fourth-order valence-electron chi connectivity index (χ4n) is 5.21. The molecule has 40 heavy (non-hydrogen) atoms. The number of Topliss-reactive ketones (excluding diaryl/α,β-unsaturated/α-hetero) is 1. The summed E-state index contributed by atoms with van der Waals surface area (Å²) < 4.78 is 5.20. The molecule has 1 fully saturated rings. The number of piperidine rings is 1. The van der Waals surface area contributed by atoms with Crippen molar-refractivity contribution in [2.24, 2.45) is 4.99 Å². The summed E-state index contributed by atoms with van der Waals surface area (Å²) in [5.41, 5.74) is 2.47. The normalized spacial score (nSPS) is 21.1. The Morgan fingerprint density at radius 1 is 1.10 bits per heavy atom. The van der Waals surface area contributed by atoms with E-state index in [0.29, 0.717) is 23.2 Å². The minimum Gasteiger partial charge on any atom is -0.511 e. The van der Waals surface area contributed by atoms with Gasteiger partial charge in [-0.05, 0) is 30.0 Å². The molecule has 3 N–H and O–H groups in total. The molecule has 11 heteroatoms. The minimum atomic E-state index is -0.759. The van der Waals surface area contributed by atoms with Gasteiger partial charge in [-0.2, -0.15) is 0 Å². The van der Waals surface area contributed by atoms with E-state index < -0.39 is 18.0 Å². The number of fused-ring (bicyclic) bond motifs is 1. The average Bonchev–Trinajstić information content (AvgIpc) is 3.27. The van der Waals surface area contributed by atoms with Crippen LogP contribution in [0.2, 0.25) is 0 Å². The number of ketones is 1. The predicted octanol–water partition coefficient (Wildman–Crippen LogP) is 3.03. The SMILES string of the molecule is O=C1CCC(N2Cc3c(NC(=O)OCCN=CC4=C(O)CC(c5ccccc5)CC4=O)cccc3C2=O)C(=O)N1. The Balaban J connectivity index is 1.13. The molecule has 206 valence electrons. The number of anilines is 1. The van der Waals surface area contributed by atoms with Crippen LogP contribution in [0, 0.1) is 0 Å². The van der Waals surface area contributed by atoms with E-state index in [1.54, 1.807) is 18.2 Å². The topological polar surface area (TPSA) is 154 Å². The van der Waals surface area contributed by atoms with E-state index in [2.05, 4.69) is 15.6 Å². The zero-order valence-corrected chi connectivity index (χ0v) is 21.6. The van der Waals surface area contributed by atoms with Gasteiger partial charge in [-0.25, -0.2) is 4.79 Å². The van der Waals surface area contributed by atoms with Crippen LogP contribution in [0.4, 0.5) is 10.5 Å². The molecule has 0 radical (unpaired) electrons. The number of carbonyl (C=O) groups excluding carboxylic acids is 5. The maximum atomic E-state index is 12.9. The van der Waals surface area contributed by atoms with Crippen LogP contribution in [0.3, 0.4) is 0 Å². The molecule has 0 saturated carbocycles. The molecule has 2 atom stereocenters. The molecule has 2 unspecified atom stereocenters. The van der Waals surface area contributed by atoms with Crippen LogP contribution in [-0.4, -0.2) is 65.0 Å². The van der Waals surface area contributed by atoms with Crippen LogP contribution >= 0.6 is 0 Å². The van der Waals surface area contributed by atoms with E-state index in [1.807, 2.05) is 30.3 Å². The molecule has 2 heterocycles. The summed E-state index contributed by atoms with van der Waals surface area (Å²) in [5.74, 6) is -1.51. The van der Waals surface area contributed by atoms with Crippen LogP contribution in [0.15, 0.2) is 64.9 Å². The van der Waals surface area contributed by atoms with E-state index in [4.69, 9.17) is 4.74 Å². The first-order chi connectivity index (χ1) is 19.3. The minimum absolute atomic E-state index is 0.00801. The number of carbonyl (C=O) groups is 5. The Labute approximate surface area is 229 Å². The molecule has 4 amide bonds. The van der Waals surface area contributed by atoms with Crippen molar-refractivity contribution < 1.29 is 33.8 Å². The molecule has 11 nitrogen and oxygen atoms in total. The Hall–Kier alpha value is -4.80.